The summed E-state index contributed by atoms with van der Waals surface area (Å²) in [6.45, 7) is 0. The average molecular weight is 377 g/mol. The van der Waals surface area contributed by atoms with Crippen LogP contribution in [0, 0.1) is 0 Å². The molecule has 0 bridgehead atoms. The fourth-order valence-electron chi connectivity index (χ4n) is 2.58. The Hall–Kier alpha value is -3.39. The first-order valence-corrected chi connectivity index (χ1v) is 9.20. The van der Waals surface area contributed by atoms with Crippen LogP contribution in [0.2, 0.25) is 0 Å². The van der Waals surface area contributed by atoms with E-state index in [4.69, 9.17) is 4.52 Å². The third-order valence-corrected chi connectivity index (χ3v) is 4.57. The van der Waals surface area contributed by atoms with E-state index >= 15 is 0 Å². The molecule has 0 radical (unpaired) electrons. The summed E-state index contributed by atoms with van der Waals surface area (Å²) in [6.07, 6.45) is 5.48. The number of thiophene rings is 1. The highest BCUT2D eigenvalue weighted by atomic mass is 32.1. The van der Waals surface area contributed by atoms with Gasteiger partial charge in [0.05, 0.1) is 19.0 Å². The number of rotatable bonds is 6. The first-order chi connectivity index (χ1) is 13.3. The molecule has 4 rings (SSSR count). The zero-order chi connectivity index (χ0) is 18.5. The quantitative estimate of drug-likeness (QED) is 0.554. The zero-order valence-electron chi connectivity index (χ0n) is 14.2. The molecule has 7 nitrogen and oxygen atoms in total. The first-order valence-electron chi connectivity index (χ1n) is 8.26. The lowest BCUT2D eigenvalue weighted by Crippen LogP contribution is -2.15. The van der Waals surface area contributed by atoms with Gasteiger partial charge in [0.2, 0.25) is 17.6 Å². The fraction of sp³-hybridized carbons (Fsp3) is 0.105. The van der Waals surface area contributed by atoms with Gasteiger partial charge in [-0.1, -0.05) is 23.4 Å². The van der Waals surface area contributed by atoms with Gasteiger partial charge in [0, 0.05) is 18.1 Å². The third kappa shape index (κ3) is 4.24. The van der Waals surface area contributed by atoms with Crippen LogP contribution in [0.3, 0.4) is 0 Å². The molecule has 0 atom stereocenters. The second-order valence-electron chi connectivity index (χ2n) is 5.79. The Balaban J connectivity index is 1.48. The Kier molecular flexibility index (Phi) is 4.97. The molecule has 0 unspecified atom stereocenters. The molecule has 0 aliphatic rings. The van der Waals surface area contributed by atoms with Gasteiger partial charge in [0.1, 0.15) is 5.69 Å². The third-order valence-electron chi connectivity index (χ3n) is 3.84. The van der Waals surface area contributed by atoms with Crippen LogP contribution in [0.4, 0.5) is 5.69 Å². The Morgan fingerprint density at radius 2 is 2.11 bits per heavy atom. The number of nitrogens with one attached hydrogen (secondary N) is 1. The van der Waals surface area contributed by atoms with Gasteiger partial charge in [0.25, 0.3) is 0 Å². The van der Waals surface area contributed by atoms with E-state index in [0.717, 1.165) is 16.8 Å². The summed E-state index contributed by atoms with van der Waals surface area (Å²) in [4.78, 5) is 24.8. The van der Waals surface area contributed by atoms with Crippen molar-refractivity contribution in [2.24, 2.45) is 0 Å². The molecule has 27 heavy (non-hydrogen) atoms. The van der Waals surface area contributed by atoms with Crippen molar-refractivity contribution in [1.29, 1.82) is 0 Å². The van der Waals surface area contributed by atoms with Crippen molar-refractivity contribution in [3.63, 3.8) is 0 Å². The molecular formula is C19H15N5O2S. The molecule has 3 heterocycles. The number of amides is 1. The number of carbonyl (C=O) groups is 1. The van der Waals surface area contributed by atoms with Gasteiger partial charge in [-0.25, -0.2) is 4.98 Å². The number of hydrogen-bond donors (Lipinski definition) is 1. The Bertz CT molecular complexity index is 1030. The topological polar surface area (TPSA) is 93.8 Å². The molecule has 8 heteroatoms. The minimum absolute atomic E-state index is 0.0633. The smallest absolute Gasteiger partial charge is 0.231 e. The molecule has 3 aromatic heterocycles. The Morgan fingerprint density at radius 1 is 1.19 bits per heavy atom. The lowest BCUT2D eigenvalue weighted by Gasteiger charge is -2.09. The predicted molar refractivity (Wildman–Crippen MR) is 101 cm³/mol. The summed E-state index contributed by atoms with van der Waals surface area (Å²) in [6, 6.07) is 9.52. The molecule has 0 saturated heterocycles. The van der Waals surface area contributed by atoms with Crippen LogP contribution in [-0.4, -0.2) is 26.0 Å². The minimum Gasteiger partial charge on any atom is -0.339 e. The van der Waals surface area contributed by atoms with Gasteiger partial charge in [-0.05, 0) is 34.0 Å². The average Bonchev–Trinajstić information content (AvgIpc) is 3.36. The molecule has 0 aliphatic heterocycles. The zero-order valence-corrected chi connectivity index (χ0v) is 15.0. The van der Waals surface area contributed by atoms with E-state index in [9.17, 15) is 4.79 Å². The minimum atomic E-state index is -0.0633. The van der Waals surface area contributed by atoms with Crippen LogP contribution in [0.5, 0.6) is 0 Å². The van der Waals surface area contributed by atoms with Gasteiger partial charge in [-0.3, -0.25) is 9.78 Å². The second kappa shape index (κ2) is 7.88. The molecular weight excluding hydrogens is 362 g/mol. The van der Waals surface area contributed by atoms with Gasteiger partial charge >= 0.3 is 0 Å². The molecule has 0 saturated carbocycles. The number of anilines is 1. The number of aromatic nitrogens is 4. The maximum Gasteiger partial charge on any atom is 0.231 e. The fourth-order valence-corrected chi connectivity index (χ4v) is 3.25. The van der Waals surface area contributed by atoms with Crippen LogP contribution >= 0.6 is 11.3 Å². The van der Waals surface area contributed by atoms with Crippen molar-refractivity contribution in [2.45, 2.75) is 12.8 Å². The number of nitrogens with zero attached hydrogens (tertiary/aromatic N) is 4. The van der Waals surface area contributed by atoms with Crippen molar-refractivity contribution >= 4 is 22.9 Å². The predicted octanol–water partition coefficient (Wildman–Crippen LogP) is 3.36. The summed E-state index contributed by atoms with van der Waals surface area (Å²) >= 11 is 1.58. The Labute approximate surface area is 159 Å². The monoisotopic (exact) mass is 377 g/mol. The normalized spacial score (nSPS) is 10.7. The number of benzene rings is 1. The molecule has 1 N–H and O–H groups in total. The number of hydrogen-bond acceptors (Lipinski definition) is 7. The molecule has 0 fully saturated rings. The Morgan fingerprint density at radius 3 is 2.93 bits per heavy atom. The van der Waals surface area contributed by atoms with E-state index in [1.807, 2.05) is 41.1 Å². The van der Waals surface area contributed by atoms with Crippen molar-refractivity contribution in [1.82, 2.24) is 20.1 Å². The van der Waals surface area contributed by atoms with Crippen LogP contribution in [0.15, 0.2) is 64.2 Å². The highest BCUT2D eigenvalue weighted by molar-refractivity contribution is 7.08. The van der Waals surface area contributed by atoms with Gasteiger partial charge in [-0.2, -0.15) is 16.3 Å². The SMILES string of the molecule is O=C(Cc1ccsc1)Nc1ccccc1Cc1nc(-c2cnccn2)no1. The summed E-state index contributed by atoms with van der Waals surface area (Å²) in [7, 11) is 0. The molecule has 1 amide bonds. The largest absolute Gasteiger partial charge is 0.339 e. The summed E-state index contributed by atoms with van der Waals surface area (Å²) < 4.78 is 5.33. The second-order valence-corrected chi connectivity index (χ2v) is 6.57. The van der Waals surface area contributed by atoms with Crippen molar-refractivity contribution < 1.29 is 9.32 Å². The van der Waals surface area contributed by atoms with E-state index < -0.39 is 0 Å². The van der Waals surface area contributed by atoms with E-state index in [-0.39, 0.29) is 5.91 Å². The van der Waals surface area contributed by atoms with Crippen LogP contribution in [-0.2, 0) is 17.6 Å². The maximum atomic E-state index is 12.3. The maximum absolute atomic E-state index is 12.3. The van der Waals surface area contributed by atoms with Crippen molar-refractivity contribution in [3.8, 4) is 11.5 Å². The van der Waals surface area contributed by atoms with Gasteiger partial charge < -0.3 is 9.84 Å². The van der Waals surface area contributed by atoms with Crippen molar-refractivity contribution in [3.05, 3.63) is 76.7 Å². The molecule has 1 aromatic carbocycles. The van der Waals surface area contributed by atoms with E-state index in [1.54, 1.807) is 29.9 Å². The first kappa shape index (κ1) is 17.0. The van der Waals surface area contributed by atoms with Crippen molar-refractivity contribution in [2.75, 3.05) is 5.32 Å². The van der Waals surface area contributed by atoms with E-state index in [0.29, 0.717) is 30.3 Å². The van der Waals surface area contributed by atoms with Crippen LogP contribution in [0.25, 0.3) is 11.5 Å². The summed E-state index contributed by atoms with van der Waals surface area (Å²) in [5.74, 6) is 0.763. The molecule has 0 aliphatic carbocycles. The lowest BCUT2D eigenvalue weighted by atomic mass is 10.1. The highest BCUT2D eigenvalue weighted by Crippen LogP contribution is 2.20. The summed E-state index contributed by atoms with van der Waals surface area (Å²) in [5, 5.41) is 10.8. The standard InChI is InChI=1S/C19H15N5O2S/c25-17(9-13-5-8-27-12-13)22-15-4-2-1-3-14(15)10-18-23-19(24-26-18)16-11-20-6-7-21-16/h1-8,11-12H,9-10H2,(H,22,25). The number of para-hydroxylation sites is 1. The summed E-state index contributed by atoms with van der Waals surface area (Å²) in [5.41, 5.74) is 3.17. The van der Waals surface area contributed by atoms with Gasteiger partial charge in [0.15, 0.2) is 0 Å². The number of carbonyl (C=O) groups excluding carboxylic acids is 1. The molecule has 0 spiro atoms. The van der Waals surface area contributed by atoms with E-state index in [1.165, 1.54) is 0 Å². The van der Waals surface area contributed by atoms with Crippen LogP contribution < -0.4 is 5.32 Å². The lowest BCUT2D eigenvalue weighted by molar-refractivity contribution is -0.115. The van der Waals surface area contributed by atoms with Crippen LogP contribution in [0.1, 0.15) is 17.0 Å². The van der Waals surface area contributed by atoms with E-state index in [2.05, 4.69) is 25.4 Å². The van der Waals surface area contributed by atoms with Gasteiger partial charge in [-0.15, -0.1) is 0 Å². The highest BCUT2D eigenvalue weighted by Gasteiger charge is 2.13. The molecule has 4 aromatic rings. The molecule has 134 valence electrons.